The molecule has 1 amide bonds. The van der Waals surface area contributed by atoms with Crippen molar-refractivity contribution in [2.24, 2.45) is 0 Å². The lowest BCUT2D eigenvalue weighted by Gasteiger charge is -2.17. The van der Waals surface area contributed by atoms with Gasteiger partial charge in [0.15, 0.2) is 0 Å². The second-order valence-electron chi connectivity index (χ2n) is 6.96. The number of rotatable bonds is 4. The van der Waals surface area contributed by atoms with Crippen molar-refractivity contribution in [3.8, 4) is 5.75 Å². The molecular weight excluding hydrogens is 340 g/mol. The van der Waals surface area contributed by atoms with E-state index in [0.29, 0.717) is 5.69 Å². The standard InChI is InChI=1S/C22H22N2O3/c1-27-16-6-4-5-14(11-16)12-21(25)23-15-9-10-18-17-7-2-3-8-19(17)22(26)24-20(18)13-15/h4-6,9-11,13H,2-3,7-8,12H2,1H3,(H,23,25)(H,24,26). The number of nitrogens with one attached hydrogen (secondary N) is 2. The molecule has 138 valence electrons. The van der Waals surface area contributed by atoms with Gasteiger partial charge in [-0.3, -0.25) is 9.59 Å². The zero-order valence-electron chi connectivity index (χ0n) is 15.3. The number of aromatic nitrogens is 1. The number of hydrogen-bond acceptors (Lipinski definition) is 3. The van der Waals surface area contributed by atoms with Crippen molar-refractivity contribution in [2.45, 2.75) is 32.1 Å². The van der Waals surface area contributed by atoms with E-state index in [-0.39, 0.29) is 17.9 Å². The number of amides is 1. The summed E-state index contributed by atoms with van der Waals surface area (Å²) in [6.45, 7) is 0. The average molecular weight is 362 g/mol. The molecule has 0 atom stereocenters. The van der Waals surface area contributed by atoms with Crippen LogP contribution in [0.15, 0.2) is 47.3 Å². The molecule has 1 aromatic heterocycles. The molecule has 0 saturated heterocycles. The van der Waals surface area contributed by atoms with E-state index in [1.165, 1.54) is 0 Å². The second-order valence-corrected chi connectivity index (χ2v) is 6.96. The molecule has 0 unspecified atom stereocenters. The van der Waals surface area contributed by atoms with Crippen LogP contribution in [0.3, 0.4) is 0 Å². The molecule has 1 heterocycles. The first kappa shape index (κ1) is 17.3. The SMILES string of the molecule is COc1cccc(CC(=O)Nc2ccc3c4c(c(=O)[nH]c3c2)CCCC4)c1. The minimum absolute atomic E-state index is 0.00272. The number of anilines is 1. The predicted molar refractivity (Wildman–Crippen MR) is 107 cm³/mol. The molecule has 27 heavy (non-hydrogen) atoms. The Morgan fingerprint density at radius 2 is 1.93 bits per heavy atom. The van der Waals surface area contributed by atoms with Crippen molar-refractivity contribution in [3.05, 3.63) is 69.5 Å². The molecule has 1 aliphatic carbocycles. The highest BCUT2D eigenvalue weighted by atomic mass is 16.5. The summed E-state index contributed by atoms with van der Waals surface area (Å²) in [6, 6.07) is 13.2. The fourth-order valence-corrected chi connectivity index (χ4v) is 3.81. The Labute approximate surface area is 157 Å². The molecule has 0 radical (unpaired) electrons. The lowest BCUT2D eigenvalue weighted by Crippen LogP contribution is -2.19. The predicted octanol–water partition coefficient (Wildman–Crippen LogP) is 3.60. The molecule has 5 nitrogen and oxygen atoms in total. The highest BCUT2D eigenvalue weighted by Crippen LogP contribution is 2.27. The fourth-order valence-electron chi connectivity index (χ4n) is 3.81. The molecule has 0 saturated carbocycles. The third-order valence-electron chi connectivity index (χ3n) is 5.12. The van der Waals surface area contributed by atoms with Gasteiger partial charge in [-0.2, -0.15) is 0 Å². The maximum Gasteiger partial charge on any atom is 0.251 e. The number of methoxy groups -OCH3 is 1. The van der Waals surface area contributed by atoms with Gasteiger partial charge in [-0.15, -0.1) is 0 Å². The first-order valence-corrected chi connectivity index (χ1v) is 9.24. The summed E-state index contributed by atoms with van der Waals surface area (Å²) in [7, 11) is 1.60. The number of carbonyl (C=O) groups excluding carboxylic acids is 1. The molecule has 0 aliphatic heterocycles. The largest absolute Gasteiger partial charge is 0.497 e. The van der Waals surface area contributed by atoms with Crippen LogP contribution in [0, 0.1) is 0 Å². The molecule has 0 fully saturated rings. The maximum absolute atomic E-state index is 12.4. The van der Waals surface area contributed by atoms with Crippen molar-refractivity contribution >= 4 is 22.5 Å². The van der Waals surface area contributed by atoms with Crippen LogP contribution in [0.25, 0.3) is 10.9 Å². The Morgan fingerprint density at radius 1 is 1.11 bits per heavy atom. The lowest BCUT2D eigenvalue weighted by molar-refractivity contribution is -0.115. The maximum atomic E-state index is 12.4. The van der Waals surface area contributed by atoms with E-state index < -0.39 is 0 Å². The summed E-state index contributed by atoms with van der Waals surface area (Å²) in [4.78, 5) is 27.7. The molecule has 1 aliphatic rings. The van der Waals surface area contributed by atoms with E-state index in [2.05, 4.69) is 10.3 Å². The van der Waals surface area contributed by atoms with Crippen LogP contribution in [0.1, 0.15) is 29.5 Å². The molecule has 2 N–H and O–H groups in total. The number of ether oxygens (including phenoxy) is 1. The number of fused-ring (bicyclic) bond motifs is 3. The van der Waals surface area contributed by atoms with Gasteiger partial charge in [-0.1, -0.05) is 18.2 Å². The summed E-state index contributed by atoms with van der Waals surface area (Å²) in [5.41, 5.74) is 4.42. The van der Waals surface area contributed by atoms with Crippen LogP contribution in [-0.4, -0.2) is 18.0 Å². The Morgan fingerprint density at radius 3 is 2.74 bits per heavy atom. The highest BCUT2D eigenvalue weighted by Gasteiger charge is 2.16. The second kappa shape index (κ2) is 7.27. The first-order valence-electron chi connectivity index (χ1n) is 9.24. The van der Waals surface area contributed by atoms with E-state index in [1.54, 1.807) is 7.11 Å². The third-order valence-corrected chi connectivity index (χ3v) is 5.12. The van der Waals surface area contributed by atoms with Crippen LogP contribution in [0.2, 0.25) is 0 Å². The van der Waals surface area contributed by atoms with E-state index in [4.69, 9.17) is 4.74 Å². The van der Waals surface area contributed by atoms with E-state index in [9.17, 15) is 9.59 Å². The molecule has 2 aromatic carbocycles. The topological polar surface area (TPSA) is 71.2 Å². The van der Waals surface area contributed by atoms with Gasteiger partial charge < -0.3 is 15.0 Å². The number of benzene rings is 2. The van der Waals surface area contributed by atoms with Gasteiger partial charge in [-0.25, -0.2) is 0 Å². The van der Waals surface area contributed by atoms with Gasteiger partial charge in [-0.05, 0) is 61.1 Å². The van der Waals surface area contributed by atoms with Gasteiger partial charge in [0.05, 0.1) is 19.0 Å². The van der Waals surface area contributed by atoms with Crippen LogP contribution in [0.5, 0.6) is 5.75 Å². The summed E-state index contributed by atoms with van der Waals surface area (Å²) in [5.74, 6) is 0.622. The molecule has 4 rings (SSSR count). The van der Waals surface area contributed by atoms with E-state index in [1.807, 2.05) is 42.5 Å². The summed E-state index contributed by atoms with van der Waals surface area (Å²) >= 11 is 0. The average Bonchev–Trinajstić information content (AvgIpc) is 2.68. The zero-order valence-corrected chi connectivity index (χ0v) is 15.3. The number of carbonyl (C=O) groups is 1. The van der Waals surface area contributed by atoms with Gasteiger partial charge in [0.1, 0.15) is 5.75 Å². The van der Waals surface area contributed by atoms with Gasteiger partial charge >= 0.3 is 0 Å². The Hall–Kier alpha value is -3.08. The molecule has 5 heteroatoms. The Bertz CT molecular complexity index is 1070. The van der Waals surface area contributed by atoms with Crippen LogP contribution in [0.4, 0.5) is 5.69 Å². The Kier molecular flexibility index (Phi) is 4.67. The lowest BCUT2D eigenvalue weighted by atomic mass is 9.90. The summed E-state index contributed by atoms with van der Waals surface area (Å²) < 4.78 is 5.19. The summed E-state index contributed by atoms with van der Waals surface area (Å²) in [6.07, 6.45) is 4.23. The normalized spacial score (nSPS) is 13.2. The van der Waals surface area contributed by atoms with Crippen molar-refractivity contribution in [1.29, 1.82) is 0 Å². The highest BCUT2D eigenvalue weighted by molar-refractivity contribution is 5.95. The number of aryl methyl sites for hydroxylation is 1. The van der Waals surface area contributed by atoms with Crippen LogP contribution < -0.4 is 15.6 Å². The molecular formula is C22H22N2O3. The molecule has 0 spiro atoms. The number of aromatic amines is 1. The number of pyridine rings is 1. The number of hydrogen-bond donors (Lipinski definition) is 2. The van der Waals surface area contributed by atoms with Gasteiger partial charge in [0, 0.05) is 16.6 Å². The third kappa shape index (κ3) is 3.58. The van der Waals surface area contributed by atoms with E-state index in [0.717, 1.165) is 59.0 Å². The molecule has 0 bridgehead atoms. The fraction of sp³-hybridized carbons (Fsp3) is 0.273. The molecule has 3 aromatic rings. The minimum Gasteiger partial charge on any atom is -0.497 e. The van der Waals surface area contributed by atoms with Crippen molar-refractivity contribution in [2.75, 3.05) is 12.4 Å². The van der Waals surface area contributed by atoms with Gasteiger partial charge in [0.2, 0.25) is 5.91 Å². The first-order chi connectivity index (χ1) is 13.1. The van der Waals surface area contributed by atoms with Crippen molar-refractivity contribution in [3.63, 3.8) is 0 Å². The minimum atomic E-state index is -0.108. The van der Waals surface area contributed by atoms with Crippen molar-refractivity contribution < 1.29 is 9.53 Å². The smallest absolute Gasteiger partial charge is 0.251 e. The van der Waals surface area contributed by atoms with Crippen molar-refractivity contribution in [1.82, 2.24) is 4.98 Å². The van der Waals surface area contributed by atoms with Gasteiger partial charge in [0.25, 0.3) is 5.56 Å². The summed E-state index contributed by atoms with van der Waals surface area (Å²) in [5, 5.41) is 4.00. The monoisotopic (exact) mass is 362 g/mol. The van der Waals surface area contributed by atoms with E-state index >= 15 is 0 Å². The quantitative estimate of drug-likeness (QED) is 0.745. The zero-order chi connectivity index (χ0) is 18.8. The van der Waals surface area contributed by atoms with Crippen LogP contribution >= 0.6 is 0 Å². The Balaban J connectivity index is 1.57. The van der Waals surface area contributed by atoms with Crippen LogP contribution in [-0.2, 0) is 24.1 Å². The number of H-pyrrole nitrogens is 1.